The lowest BCUT2D eigenvalue weighted by Crippen LogP contribution is -2.29. The summed E-state index contributed by atoms with van der Waals surface area (Å²) in [5, 5.41) is 9.33. The molecule has 1 rings (SSSR count). The summed E-state index contributed by atoms with van der Waals surface area (Å²) in [4.78, 5) is 2.52. The Labute approximate surface area is 105 Å². The molecular formula is C15H25NO. The maximum absolute atomic E-state index is 9.33. The van der Waals surface area contributed by atoms with Gasteiger partial charge in [0.05, 0.1) is 0 Å². The zero-order valence-corrected chi connectivity index (χ0v) is 11.3. The van der Waals surface area contributed by atoms with Crippen molar-refractivity contribution >= 4 is 0 Å². The zero-order valence-electron chi connectivity index (χ0n) is 11.3. The van der Waals surface area contributed by atoms with Gasteiger partial charge in [-0.25, -0.2) is 0 Å². The van der Waals surface area contributed by atoms with Crippen LogP contribution in [-0.4, -0.2) is 23.1 Å². The molecule has 0 radical (unpaired) electrons. The van der Waals surface area contributed by atoms with Crippen molar-refractivity contribution in [1.29, 1.82) is 0 Å². The Morgan fingerprint density at radius 2 is 1.76 bits per heavy atom. The zero-order chi connectivity index (χ0) is 12.7. The smallest absolute Gasteiger partial charge is 0.115 e. The number of hydrogen-bond acceptors (Lipinski definition) is 2. The lowest BCUT2D eigenvalue weighted by molar-refractivity contribution is 0.199. The van der Waals surface area contributed by atoms with E-state index in [1.54, 1.807) is 12.1 Å². The number of rotatable bonds is 7. The van der Waals surface area contributed by atoms with Gasteiger partial charge in [-0.05, 0) is 43.6 Å². The van der Waals surface area contributed by atoms with E-state index in [0.717, 1.165) is 19.5 Å². The van der Waals surface area contributed by atoms with Crippen molar-refractivity contribution in [2.45, 2.75) is 46.1 Å². The van der Waals surface area contributed by atoms with E-state index < -0.39 is 0 Å². The highest BCUT2D eigenvalue weighted by Crippen LogP contribution is 2.25. The summed E-state index contributed by atoms with van der Waals surface area (Å²) in [5.74, 6) is 0.347. The average molecular weight is 235 g/mol. The molecule has 1 N–H and O–H groups in total. The quantitative estimate of drug-likeness (QED) is 0.773. The number of aromatic hydroxyl groups is 1. The van der Waals surface area contributed by atoms with Crippen molar-refractivity contribution in [3.8, 4) is 5.75 Å². The standard InChI is InChI=1S/C15H25NO/c1-4-7-12-16(6-3)15(5-2)13-8-10-14(17)11-9-13/h8-11,15,17H,4-7,12H2,1-3H3. The Bertz CT molecular complexity index is 307. The average Bonchev–Trinajstić information content (AvgIpc) is 2.36. The molecular weight excluding hydrogens is 210 g/mol. The van der Waals surface area contributed by atoms with Crippen LogP contribution < -0.4 is 0 Å². The van der Waals surface area contributed by atoms with Gasteiger partial charge in [-0.15, -0.1) is 0 Å². The van der Waals surface area contributed by atoms with Crippen LogP contribution in [0.5, 0.6) is 5.75 Å². The summed E-state index contributed by atoms with van der Waals surface area (Å²) in [5.41, 5.74) is 1.31. The molecule has 96 valence electrons. The van der Waals surface area contributed by atoms with E-state index in [4.69, 9.17) is 0 Å². The Balaban J connectivity index is 2.77. The summed E-state index contributed by atoms with van der Waals surface area (Å²) in [6.45, 7) is 8.92. The molecule has 0 fully saturated rings. The fourth-order valence-electron chi connectivity index (χ4n) is 2.30. The molecule has 0 aliphatic heterocycles. The van der Waals surface area contributed by atoms with Gasteiger partial charge in [0.25, 0.3) is 0 Å². The highest BCUT2D eigenvalue weighted by molar-refractivity contribution is 5.28. The first-order chi connectivity index (χ1) is 8.22. The molecule has 1 unspecified atom stereocenters. The third kappa shape index (κ3) is 4.04. The van der Waals surface area contributed by atoms with Gasteiger partial charge >= 0.3 is 0 Å². The summed E-state index contributed by atoms with van der Waals surface area (Å²) < 4.78 is 0. The molecule has 2 heteroatoms. The number of nitrogens with zero attached hydrogens (tertiary/aromatic N) is 1. The molecule has 1 aromatic rings. The minimum absolute atomic E-state index is 0.347. The maximum Gasteiger partial charge on any atom is 0.115 e. The Morgan fingerprint density at radius 1 is 1.12 bits per heavy atom. The monoisotopic (exact) mass is 235 g/mol. The van der Waals surface area contributed by atoms with Gasteiger partial charge < -0.3 is 5.11 Å². The largest absolute Gasteiger partial charge is 0.508 e. The van der Waals surface area contributed by atoms with E-state index in [0.29, 0.717) is 11.8 Å². The minimum atomic E-state index is 0.347. The normalized spacial score (nSPS) is 12.9. The van der Waals surface area contributed by atoms with Crippen molar-refractivity contribution < 1.29 is 5.11 Å². The van der Waals surface area contributed by atoms with Gasteiger partial charge in [-0.1, -0.05) is 39.3 Å². The molecule has 0 bridgehead atoms. The summed E-state index contributed by atoms with van der Waals surface area (Å²) in [6, 6.07) is 8.13. The van der Waals surface area contributed by atoms with E-state index in [1.165, 1.54) is 18.4 Å². The molecule has 0 saturated carbocycles. The SMILES string of the molecule is CCCCN(CC)C(CC)c1ccc(O)cc1. The topological polar surface area (TPSA) is 23.5 Å². The number of benzene rings is 1. The van der Waals surface area contributed by atoms with Crippen LogP contribution in [0.2, 0.25) is 0 Å². The molecule has 0 saturated heterocycles. The number of phenols is 1. The van der Waals surface area contributed by atoms with Crippen LogP contribution in [0, 0.1) is 0 Å². The van der Waals surface area contributed by atoms with E-state index in [-0.39, 0.29) is 0 Å². The van der Waals surface area contributed by atoms with Gasteiger partial charge in [-0.3, -0.25) is 4.90 Å². The second-order valence-electron chi connectivity index (χ2n) is 4.50. The maximum atomic E-state index is 9.33. The molecule has 1 atom stereocenters. The minimum Gasteiger partial charge on any atom is -0.508 e. The van der Waals surface area contributed by atoms with Gasteiger partial charge in [0.2, 0.25) is 0 Å². The number of unbranched alkanes of at least 4 members (excludes halogenated alkanes) is 1. The first-order valence-electron chi connectivity index (χ1n) is 6.75. The van der Waals surface area contributed by atoms with Gasteiger partial charge in [0.1, 0.15) is 5.75 Å². The van der Waals surface area contributed by atoms with Crippen LogP contribution >= 0.6 is 0 Å². The fourth-order valence-corrected chi connectivity index (χ4v) is 2.30. The number of hydrogen-bond donors (Lipinski definition) is 1. The van der Waals surface area contributed by atoms with Crippen molar-refractivity contribution in [3.05, 3.63) is 29.8 Å². The predicted octanol–water partition coefficient (Wildman–Crippen LogP) is 3.97. The van der Waals surface area contributed by atoms with Crippen molar-refractivity contribution in [2.75, 3.05) is 13.1 Å². The fraction of sp³-hybridized carbons (Fsp3) is 0.600. The lowest BCUT2D eigenvalue weighted by Gasteiger charge is -2.30. The Hall–Kier alpha value is -1.02. The third-order valence-electron chi connectivity index (χ3n) is 3.31. The Kier molecular flexibility index (Phi) is 6.06. The van der Waals surface area contributed by atoms with E-state index in [2.05, 4.69) is 25.7 Å². The van der Waals surface area contributed by atoms with Gasteiger partial charge in [0.15, 0.2) is 0 Å². The highest BCUT2D eigenvalue weighted by Gasteiger charge is 2.16. The van der Waals surface area contributed by atoms with Crippen LogP contribution in [-0.2, 0) is 0 Å². The van der Waals surface area contributed by atoms with Crippen LogP contribution in [0.15, 0.2) is 24.3 Å². The van der Waals surface area contributed by atoms with Crippen molar-refractivity contribution in [2.24, 2.45) is 0 Å². The molecule has 1 aromatic carbocycles. The van der Waals surface area contributed by atoms with Crippen molar-refractivity contribution in [1.82, 2.24) is 4.90 Å². The summed E-state index contributed by atoms with van der Waals surface area (Å²) in [6.07, 6.45) is 3.60. The highest BCUT2D eigenvalue weighted by atomic mass is 16.3. The molecule has 0 spiro atoms. The van der Waals surface area contributed by atoms with Crippen LogP contribution in [0.1, 0.15) is 51.6 Å². The lowest BCUT2D eigenvalue weighted by atomic mass is 10.0. The molecule has 0 aliphatic carbocycles. The second kappa shape index (κ2) is 7.33. The molecule has 0 aromatic heterocycles. The Morgan fingerprint density at radius 3 is 2.24 bits per heavy atom. The first-order valence-corrected chi connectivity index (χ1v) is 6.75. The summed E-state index contributed by atoms with van der Waals surface area (Å²) >= 11 is 0. The van der Waals surface area contributed by atoms with Crippen LogP contribution in [0.25, 0.3) is 0 Å². The van der Waals surface area contributed by atoms with Gasteiger partial charge in [0, 0.05) is 6.04 Å². The first kappa shape index (κ1) is 14.0. The molecule has 0 amide bonds. The van der Waals surface area contributed by atoms with Crippen molar-refractivity contribution in [3.63, 3.8) is 0 Å². The molecule has 17 heavy (non-hydrogen) atoms. The molecule has 0 aliphatic rings. The van der Waals surface area contributed by atoms with E-state index >= 15 is 0 Å². The number of phenolic OH excluding ortho intramolecular Hbond substituents is 1. The molecule has 2 nitrogen and oxygen atoms in total. The predicted molar refractivity (Wildman–Crippen MR) is 73.3 cm³/mol. The summed E-state index contributed by atoms with van der Waals surface area (Å²) in [7, 11) is 0. The third-order valence-corrected chi connectivity index (χ3v) is 3.31. The van der Waals surface area contributed by atoms with E-state index in [1.807, 2.05) is 12.1 Å². The van der Waals surface area contributed by atoms with Gasteiger partial charge in [-0.2, -0.15) is 0 Å². The second-order valence-corrected chi connectivity index (χ2v) is 4.50. The van der Waals surface area contributed by atoms with E-state index in [9.17, 15) is 5.11 Å². The van der Waals surface area contributed by atoms with Crippen LogP contribution in [0.4, 0.5) is 0 Å². The molecule has 0 heterocycles. The van der Waals surface area contributed by atoms with Crippen LogP contribution in [0.3, 0.4) is 0 Å².